The highest BCUT2D eigenvalue weighted by atomic mass is 32.1. The number of hydrogen-bond acceptors (Lipinski definition) is 6. The molecule has 0 bridgehead atoms. The molecule has 7 heteroatoms. The first-order valence-electron chi connectivity index (χ1n) is 5.74. The Bertz CT molecular complexity index is 529. The van der Waals surface area contributed by atoms with Crippen molar-refractivity contribution in [2.24, 2.45) is 0 Å². The van der Waals surface area contributed by atoms with Gasteiger partial charge >= 0.3 is 11.9 Å². The van der Waals surface area contributed by atoms with Gasteiger partial charge in [-0.1, -0.05) is 0 Å². The minimum atomic E-state index is -0.609. The maximum atomic E-state index is 11.6. The van der Waals surface area contributed by atoms with Crippen LogP contribution in [-0.4, -0.2) is 37.8 Å². The molecule has 0 saturated heterocycles. The summed E-state index contributed by atoms with van der Waals surface area (Å²) in [5, 5.41) is 2.55. The smallest absolute Gasteiger partial charge is 0.339 e. The Labute approximate surface area is 121 Å². The summed E-state index contributed by atoms with van der Waals surface area (Å²) in [4.78, 5) is 34.7. The van der Waals surface area contributed by atoms with Crippen molar-refractivity contribution in [1.82, 2.24) is 0 Å². The Kier molecular flexibility index (Phi) is 6.05. The SMILES string of the molecule is COC(=O)c1ccc(C(=O)OC)c(NC(=O)CCS)c1. The van der Waals surface area contributed by atoms with Gasteiger partial charge in [-0.3, -0.25) is 4.79 Å². The second kappa shape index (κ2) is 7.54. The predicted octanol–water partition coefficient (Wildman–Crippen LogP) is 1.52. The molecule has 20 heavy (non-hydrogen) atoms. The summed E-state index contributed by atoms with van der Waals surface area (Å²) in [6.07, 6.45) is 0.187. The van der Waals surface area contributed by atoms with Gasteiger partial charge < -0.3 is 14.8 Å². The van der Waals surface area contributed by atoms with Crippen LogP contribution in [0.25, 0.3) is 0 Å². The average molecular weight is 297 g/mol. The predicted molar refractivity (Wildman–Crippen MR) is 76.2 cm³/mol. The number of benzene rings is 1. The van der Waals surface area contributed by atoms with Gasteiger partial charge in [0, 0.05) is 6.42 Å². The molecule has 0 aliphatic heterocycles. The molecule has 0 atom stereocenters. The molecular weight excluding hydrogens is 282 g/mol. The third-order valence-corrected chi connectivity index (χ3v) is 2.68. The molecular formula is C13H15NO5S. The van der Waals surface area contributed by atoms with Crippen LogP contribution in [0.4, 0.5) is 5.69 Å². The number of nitrogens with one attached hydrogen (secondary N) is 1. The molecule has 1 aromatic rings. The van der Waals surface area contributed by atoms with Gasteiger partial charge in [0.15, 0.2) is 0 Å². The molecule has 0 aliphatic carbocycles. The monoisotopic (exact) mass is 297 g/mol. The third kappa shape index (κ3) is 3.99. The molecule has 0 saturated carbocycles. The quantitative estimate of drug-likeness (QED) is 0.636. The number of methoxy groups -OCH3 is 2. The lowest BCUT2D eigenvalue weighted by Crippen LogP contribution is -2.16. The molecule has 108 valence electrons. The van der Waals surface area contributed by atoms with Crippen molar-refractivity contribution < 1.29 is 23.9 Å². The lowest BCUT2D eigenvalue weighted by Gasteiger charge is -2.11. The topological polar surface area (TPSA) is 81.7 Å². The van der Waals surface area contributed by atoms with Gasteiger partial charge in [-0.25, -0.2) is 9.59 Å². The molecule has 0 unspecified atom stereocenters. The molecule has 0 aliphatic rings. The fourth-order valence-electron chi connectivity index (χ4n) is 1.49. The Morgan fingerprint density at radius 2 is 1.80 bits per heavy atom. The first-order valence-corrected chi connectivity index (χ1v) is 6.38. The highest BCUT2D eigenvalue weighted by Crippen LogP contribution is 2.20. The molecule has 1 N–H and O–H groups in total. The molecule has 1 aromatic carbocycles. The number of hydrogen-bond donors (Lipinski definition) is 2. The normalized spacial score (nSPS) is 9.75. The maximum absolute atomic E-state index is 11.6. The molecule has 0 spiro atoms. The van der Waals surface area contributed by atoms with E-state index in [9.17, 15) is 14.4 Å². The van der Waals surface area contributed by atoms with Crippen LogP contribution in [0.5, 0.6) is 0 Å². The van der Waals surface area contributed by atoms with E-state index in [0.29, 0.717) is 5.75 Å². The number of thiol groups is 1. The van der Waals surface area contributed by atoms with Crippen LogP contribution in [0.1, 0.15) is 27.1 Å². The minimum Gasteiger partial charge on any atom is -0.465 e. The molecule has 6 nitrogen and oxygen atoms in total. The van der Waals surface area contributed by atoms with Crippen molar-refractivity contribution in [3.05, 3.63) is 29.3 Å². The zero-order chi connectivity index (χ0) is 15.1. The summed E-state index contributed by atoms with van der Waals surface area (Å²) in [5.41, 5.74) is 0.584. The molecule has 1 amide bonds. The van der Waals surface area contributed by atoms with E-state index in [2.05, 4.69) is 27.4 Å². The van der Waals surface area contributed by atoms with Crippen LogP contribution < -0.4 is 5.32 Å². The van der Waals surface area contributed by atoms with Gasteiger partial charge in [-0.2, -0.15) is 12.6 Å². The summed E-state index contributed by atoms with van der Waals surface area (Å²) in [5.74, 6) is -1.11. The number of carbonyl (C=O) groups excluding carboxylic acids is 3. The van der Waals surface area contributed by atoms with Crippen LogP contribution in [0.15, 0.2) is 18.2 Å². The second-order valence-electron chi connectivity index (χ2n) is 3.77. The van der Waals surface area contributed by atoms with E-state index in [0.717, 1.165) is 0 Å². The maximum Gasteiger partial charge on any atom is 0.339 e. The number of rotatable bonds is 5. The van der Waals surface area contributed by atoms with Gasteiger partial charge in [0.25, 0.3) is 0 Å². The van der Waals surface area contributed by atoms with Gasteiger partial charge in [-0.15, -0.1) is 0 Å². The molecule has 0 heterocycles. The Hall–Kier alpha value is -2.02. The van der Waals surface area contributed by atoms with Gasteiger partial charge in [0.1, 0.15) is 0 Å². The van der Waals surface area contributed by atoms with E-state index in [1.54, 1.807) is 0 Å². The van der Waals surface area contributed by atoms with E-state index < -0.39 is 11.9 Å². The fraction of sp³-hybridized carbons (Fsp3) is 0.308. The van der Waals surface area contributed by atoms with Crippen molar-refractivity contribution in [1.29, 1.82) is 0 Å². The Morgan fingerprint density at radius 3 is 2.35 bits per heavy atom. The summed E-state index contributed by atoms with van der Waals surface area (Å²) in [6, 6.07) is 4.19. The van der Waals surface area contributed by atoms with Gasteiger partial charge in [-0.05, 0) is 24.0 Å². The summed E-state index contributed by atoms with van der Waals surface area (Å²) < 4.78 is 9.21. The number of anilines is 1. The third-order valence-electron chi connectivity index (χ3n) is 2.46. The molecule has 0 aromatic heterocycles. The Morgan fingerprint density at radius 1 is 1.15 bits per heavy atom. The summed E-state index contributed by atoms with van der Waals surface area (Å²) >= 11 is 3.95. The summed E-state index contributed by atoms with van der Waals surface area (Å²) in [7, 11) is 2.48. The lowest BCUT2D eigenvalue weighted by molar-refractivity contribution is -0.115. The fourth-order valence-corrected chi connectivity index (χ4v) is 1.70. The zero-order valence-corrected chi connectivity index (χ0v) is 12.0. The number of esters is 2. The zero-order valence-electron chi connectivity index (χ0n) is 11.1. The van der Waals surface area contributed by atoms with Gasteiger partial charge in [0.05, 0.1) is 31.0 Å². The van der Waals surface area contributed by atoms with Crippen LogP contribution in [0.3, 0.4) is 0 Å². The van der Waals surface area contributed by atoms with E-state index in [4.69, 9.17) is 0 Å². The summed E-state index contributed by atoms with van der Waals surface area (Å²) in [6.45, 7) is 0. The molecule has 0 fully saturated rings. The van der Waals surface area contributed by atoms with Crippen molar-refractivity contribution >= 4 is 36.2 Å². The largest absolute Gasteiger partial charge is 0.465 e. The first kappa shape index (κ1) is 16.0. The number of carbonyl (C=O) groups is 3. The second-order valence-corrected chi connectivity index (χ2v) is 4.21. The number of ether oxygens (including phenoxy) is 2. The molecule has 1 rings (SSSR count). The standard InChI is InChI=1S/C13H15NO5S/c1-18-12(16)8-3-4-9(13(17)19-2)10(7-8)14-11(15)5-6-20/h3-4,7,20H,5-6H2,1-2H3,(H,14,15). The first-order chi connectivity index (χ1) is 9.53. The van der Waals surface area contributed by atoms with Crippen molar-refractivity contribution in [3.63, 3.8) is 0 Å². The van der Waals surface area contributed by atoms with Crippen LogP contribution in [0, 0.1) is 0 Å². The lowest BCUT2D eigenvalue weighted by atomic mass is 10.1. The Balaban J connectivity index is 3.15. The van der Waals surface area contributed by atoms with Crippen LogP contribution >= 0.6 is 12.6 Å². The average Bonchev–Trinajstić information content (AvgIpc) is 2.45. The van der Waals surface area contributed by atoms with Crippen molar-refractivity contribution in [2.45, 2.75) is 6.42 Å². The van der Waals surface area contributed by atoms with Gasteiger partial charge in [0.2, 0.25) is 5.91 Å². The van der Waals surface area contributed by atoms with E-state index >= 15 is 0 Å². The number of amides is 1. The van der Waals surface area contributed by atoms with Crippen molar-refractivity contribution in [3.8, 4) is 0 Å². The highest BCUT2D eigenvalue weighted by Gasteiger charge is 2.17. The van der Waals surface area contributed by atoms with E-state index in [1.165, 1.54) is 32.4 Å². The molecule has 0 radical (unpaired) electrons. The van der Waals surface area contributed by atoms with Crippen LogP contribution in [0.2, 0.25) is 0 Å². The highest BCUT2D eigenvalue weighted by molar-refractivity contribution is 7.80. The van der Waals surface area contributed by atoms with E-state index in [-0.39, 0.29) is 29.1 Å². The van der Waals surface area contributed by atoms with Crippen molar-refractivity contribution in [2.75, 3.05) is 25.3 Å². The van der Waals surface area contributed by atoms with Crippen LogP contribution in [-0.2, 0) is 14.3 Å². The van der Waals surface area contributed by atoms with E-state index in [1.807, 2.05) is 0 Å². The minimum absolute atomic E-state index is 0.160.